The second kappa shape index (κ2) is 8.19. The Balaban J connectivity index is 1.97. The molecule has 0 saturated heterocycles. The third-order valence-electron chi connectivity index (χ3n) is 4.73. The van der Waals surface area contributed by atoms with Gasteiger partial charge in [0.2, 0.25) is 15.9 Å². The van der Waals surface area contributed by atoms with E-state index in [1.165, 1.54) is 16.4 Å². The Kier molecular flexibility index (Phi) is 5.92. The Morgan fingerprint density at radius 1 is 1.19 bits per heavy atom. The minimum atomic E-state index is -3.85. The van der Waals surface area contributed by atoms with Crippen molar-refractivity contribution < 1.29 is 17.6 Å². The summed E-state index contributed by atoms with van der Waals surface area (Å²) in [6.07, 6.45) is 1.44. The van der Waals surface area contributed by atoms with Crippen LogP contribution >= 0.6 is 0 Å². The zero-order chi connectivity index (χ0) is 19.4. The number of nitrogens with zero attached hydrogens (tertiary/aromatic N) is 1. The number of fused-ring (bicyclic) bond motifs is 1. The van der Waals surface area contributed by atoms with Gasteiger partial charge >= 0.3 is 0 Å². The van der Waals surface area contributed by atoms with Crippen molar-refractivity contribution in [1.29, 1.82) is 0 Å². The Bertz CT molecular complexity index is 913. The smallest absolute Gasteiger partial charge is 0.243 e. The summed E-state index contributed by atoms with van der Waals surface area (Å²) in [6, 6.07) is 11.8. The first kappa shape index (κ1) is 19.5. The zero-order valence-electron chi connectivity index (χ0n) is 15.2. The van der Waals surface area contributed by atoms with Gasteiger partial charge in [-0.25, -0.2) is 12.8 Å². The lowest BCUT2D eigenvalue weighted by molar-refractivity contribution is -0.122. The number of rotatable bonds is 6. The van der Waals surface area contributed by atoms with Crippen LogP contribution in [0.15, 0.2) is 53.4 Å². The van der Waals surface area contributed by atoms with E-state index >= 15 is 0 Å². The molecule has 1 unspecified atom stereocenters. The molecule has 7 heteroatoms. The van der Waals surface area contributed by atoms with Gasteiger partial charge < -0.3 is 5.32 Å². The minimum Gasteiger partial charge on any atom is -0.356 e. The summed E-state index contributed by atoms with van der Waals surface area (Å²) in [5.74, 6) is -0.675. The van der Waals surface area contributed by atoms with E-state index in [2.05, 4.69) is 5.32 Å². The van der Waals surface area contributed by atoms with E-state index < -0.39 is 21.9 Å². The van der Waals surface area contributed by atoms with Crippen LogP contribution in [0, 0.1) is 5.82 Å². The molecule has 0 saturated carbocycles. The fourth-order valence-corrected chi connectivity index (χ4v) is 4.99. The van der Waals surface area contributed by atoms with Crippen molar-refractivity contribution in [3.05, 3.63) is 65.5 Å². The van der Waals surface area contributed by atoms with Gasteiger partial charge in [0.05, 0.1) is 10.9 Å². The monoisotopic (exact) mass is 390 g/mol. The first-order valence-corrected chi connectivity index (χ1v) is 10.5. The predicted octanol–water partition coefficient (Wildman–Crippen LogP) is 3.03. The lowest BCUT2D eigenvalue weighted by Crippen LogP contribution is -2.42. The second-order valence-electron chi connectivity index (χ2n) is 6.59. The minimum absolute atomic E-state index is 0.0299. The van der Waals surface area contributed by atoms with Crippen LogP contribution in [0.2, 0.25) is 0 Å². The summed E-state index contributed by atoms with van der Waals surface area (Å²) in [4.78, 5) is 12.4. The molecule has 1 amide bonds. The zero-order valence-corrected chi connectivity index (χ0v) is 16.0. The quantitative estimate of drug-likeness (QED) is 0.825. The highest BCUT2D eigenvalue weighted by atomic mass is 32.2. The van der Waals surface area contributed by atoms with Gasteiger partial charge in [0.25, 0.3) is 0 Å². The Labute approximate surface area is 159 Å². The second-order valence-corrected chi connectivity index (χ2v) is 8.48. The molecule has 5 nitrogen and oxygen atoms in total. The van der Waals surface area contributed by atoms with Crippen molar-refractivity contribution in [1.82, 2.24) is 9.62 Å². The molecule has 1 atom stereocenters. The average Bonchev–Trinajstić information content (AvgIpc) is 2.66. The van der Waals surface area contributed by atoms with Crippen LogP contribution in [0.5, 0.6) is 0 Å². The molecule has 0 aliphatic carbocycles. The van der Waals surface area contributed by atoms with Crippen LogP contribution in [0.4, 0.5) is 4.39 Å². The van der Waals surface area contributed by atoms with Gasteiger partial charge in [-0.2, -0.15) is 4.31 Å². The summed E-state index contributed by atoms with van der Waals surface area (Å²) in [5, 5.41) is 2.82. The van der Waals surface area contributed by atoms with Crippen LogP contribution in [-0.4, -0.2) is 31.7 Å². The molecule has 3 rings (SSSR count). The number of nitrogens with one attached hydrogen (secondary N) is 1. The van der Waals surface area contributed by atoms with Crippen molar-refractivity contribution in [2.24, 2.45) is 0 Å². The van der Waals surface area contributed by atoms with Gasteiger partial charge in [-0.1, -0.05) is 31.2 Å². The maximum Gasteiger partial charge on any atom is 0.243 e. The normalized spacial score (nSPS) is 17.3. The highest BCUT2D eigenvalue weighted by molar-refractivity contribution is 7.89. The maximum absolute atomic E-state index is 13.2. The van der Waals surface area contributed by atoms with Crippen molar-refractivity contribution >= 4 is 15.9 Å². The molecule has 0 bridgehead atoms. The molecule has 2 aromatic carbocycles. The van der Waals surface area contributed by atoms with E-state index in [1.807, 2.05) is 31.2 Å². The Hall–Kier alpha value is -2.25. The fourth-order valence-electron chi connectivity index (χ4n) is 3.38. The lowest BCUT2D eigenvalue weighted by Gasteiger charge is -2.36. The molecule has 0 radical (unpaired) electrons. The Morgan fingerprint density at radius 3 is 2.59 bits per heavy atom. The molecule has 144 valence electrons. The van der Waals surface area contributed by atoms with Gasteiger partial charge in [0.15, 0.2) is 0 Å². The number of amides is 1. The maximum atomic E-state index is 13.2. The van der Waals surface area contributed by atoms with Crippen molar-refractivity contribution in [3.8, 4) is 0 Å². The van der Waals surface area contributed by atoms with Gasteiger partial charge in [-0.05, 0) is 48.2 Å². The third-order valence-corrected chi connectivity index (χ3v) is 6.66. The molecule has 0 spiro atoms. The molecular weight excluding hydrogens is 367 g/mol. The molecule has 1 N–H and O–H groups in total. The lowest BCUT2D eigenvalue weighted by atomic mass is 9.92. The molecule has 0 fully saturated rings. The molecule has 1 aliphatic rings. The van der Waals surface area contributed by atoms with E-state index in [9.17, 15) is 17.6 Å². The number of benzene rings is 2. The summed E-state index contributed by atoms with van der Waals surface area (Å²) >= 11 is 0. The summed E-state index contributed by atoms with van der Waals surface area (Å²) < 4.78 is 41.0. The van der Waals surface area contributed by atoms with Crippen LogP contribution in [0.25, 0.3) is 0 Å². The van der Waals surface area contributed by atoms with E-state index in [1.54, 1.807) is 0 Å². The van der Waals surface area contributed by atoms with Crippen LogP contribution < -0.4 is 5.32 Å². The van der Waals surface area contributed by atoms with Crippen molar-refractivity contribution in [2.75, 3.05) is 13.1 Å². The molecule has 1 aliphatic heterocycles. The van der Waals surface area contributed by atoms with E-state index in [-0.39, 0.29) is 23.8 Å². The molecular formula is C20H23FN2O3S. The number of halogens is 1. The third kappa shape index (κ3) is 4.20. The van der Waals surface area contributed by atoms with E-state index in [4.69, 9.17) is 0 Å². The highest BCUT2D eigenvalue weighted by Gasteiger charge is 2.37. The number of hydrogen-bond donors (Lipinski definition) is 1. The molecule has 2 aromatic rings. The standard InChI is InChI=1S/C20H23FN2O3S/c1-2-12-22-20(24)14-19-18-6-4-3-5-15(18)11-13-23(19)27(25,26)17-9-7-16(21)8-10-17/h3-10,19H,2,11-14H2,1H3,(H,22,24). The van der Waals surface area contributed by atoms with Gasteiger partial charge in [-0.15, -0.1) is 0 Å². The largest absolute Gasteiger partial charge is 0.356 e. The van der Waals surface area contributed by atoms with Crippen molar-refractivity contribution in [2.45, 2.75) is 37.1 Å². The van der Waals surface area contributed by atoms with E-state index in [0.29, 0.717) is 13.0 Å². The number of sulfonamides is 1. The first-order chi connectivity index (χ1) is 12.9. The number of hydrogen-bond acceptors (Lipinski definition) is 3. The molecule has 1 heterocycles. The molecule has 27 heavy (non-hydrogen) atoms. The first-order valence-electron chi connectivity index (χ1n) is 9.05. The summed E-state index contributed by atoms with van der Waals surface area (Å²) in [5.41, 5.74) is 1.90. The number of carbonyl (C=O) groups is 1. The molecule has 0 aromatic heterocycles. The summed E-state index contributed by atoms with van der Waals surface area (Å²) in [6.45, 7) is 2.79. The van der Waals surface area contributed by atoms with Gasteiger partial charge in [0.1, 0.15) is 5.82 Å². The SMILES string of the molecule is CCCNC(=O)CC1c2ccccc2CCN1S(=O)(=O)c1ccc(F)cc1. The van der Waals surface area contributed by atoms with Crippen molar-refractivity contribution in [3.63, 3.8) is 0 Å². The van der Waals surface area contributed by atoms with Gasteiger partial charge in [0, 0.05) is 19.5 Å². The van der Waals surface area contributed by atoms with Crippen LogP contribution in [-0.2, 0) is 21.2 Å². The number of carbonyl (C=O) groups excluding carboxylic acids is 1. The fraction of sp³-hybridized carbons (Fsp3) is 0.350. The van der Waals surface area contributed by atoms with Crippen LogP contribution in [0.1, 0.15) is 36.9 Å². The highest BCUT2D eigenvalue weighted by Crippen LogP contribution is 2.36. The predicted molar refractivity (Wildman–Crippen MR) is 101 cm³/mol. The topological polar surface area (TPSA) is 66.5 Å². The van der Waals surface area contributed by atoms with Gasteiger partial charge in [-0.3, -0.25) is 4.79 Å². The Morgan fingerprint density at radius 2 is 1.89 bits per heavy atom. The van der Waals surface area contributed by atoms with E-state index in [0.717, 1.165) is 29.7 Å². The summed E-state index contributed by atoms with van der Waals surface area (Å²) in [7, 11) is -3.85. The average molecular weight is 390 g/mol. The van der Waals surface area contributed by atoms with Crippen LogP contribution in [0.3, 0.4) is 0 Å².